The van der Waals surface area contributed by atoms with Crippen LogP contribution < -0.4 is 5.32 Å². The molecule has 0 fully saturated rings. The number of nitrogens with zero attached hydrogens (tertiary/aromatic N) is 4. The van der Waals surface area contributed by atoms with Gasteiger partial charge in [0.1, 0.15) is 6.04 Å². The molecule has 1 heterocycles. The van der Waals surface area contributed by atoms with Crippen molar-refractivity contribution in [1.82, 2.24) is 25.5 Å². The van der Waals surface area contributed by atoms with E-state index in [1.54, 1.807) is 0 Å². The number of carboxylic acids is 2. The first kappa shape index (κ1) is 18.0. The van der Waals surface area contributed by atoms with E-state index < -0.39 is 30.3 Å². The summed E-state index contributed by atoms with van der Waals surface area (Å²) in [6.45, 7) is 0.455. The Morgan fingerprint density at radius 3 is 2.52 bits per heavy atom. The number of amides is 1. The highest BCUT2D eigenvalue weighted by molar-refractivity contribution is 5.87. The molecule has 0 saturated carbocycles. The van der Waals surface area contributed by atoms with Crippen molar-refractivity contribution in [1.29, 1.82) is 0 Å². The van der Waals surface area contributed by atoms with Gasteiger partial charge in [-0.3, -0.25) is 9.59 Å². The Morgan fingerprint density at radius 2 is 1.88 bits per heavy atom. The molecule has 2 rings (SSSR count). The van der Waals surface area contributed by atoms with Crippen LogP contribution in [0.3, 0.4) is 0 Å². The van der Waals surface area contributed by atoms with Crippen molar-refractivity contribution in [2.45, 2.75) is 31.8 Å². The van der Waals surface area contributed by atoms with Crippen LogP contribution in [0.15, 0.2) is 30.3 Å². The number of hydrogen-bond donors (Lipinski definition) is 3. The summed E-state index contributed by atoms with van der Waals surface area (Å²) in [6.07, 6.45) is -0.289. The second-order valence-corrected chi connectivity index (χ2v) is 5.29. The molecule has 0 aliphatic heterocycles. The van der Waals surface area contributed by atoms with Crippen molar-refractivity contribution in [3.05, 3.63) is 41.7 Å². The first-order chi connectivity index (χ1) is 12.0. The van der Waals surface area contributed by atoms with E-state index >= 15 is 0 Å². The maximum atomic E-state index is 12.0. The lowest BCUT2D eigenvalue weighted by molar-refractivity contribution is -0.147. The van der Waals surface area contributed by atoms with Crippen molar-refractivity contribution in [2.24, 2.45) is 0 Å². The van der Waals surface area contributed by atoms with Gasteiger partial charge in [0.2, 0.25) is 5.91 Å². The smallest absolute Gasteiger partial charge is 0.326 e. The van der Waals surface area contributed by atoms with E-state index in [-0.39, 0.29) is 12.2 Å². The van der Waals surface area contributed by atoms with Gasteiger partial charge in [0.15, 0.2) is 5.82 Å². The zero-order valence-corrected chi connectivity index (χ0v) is 13.2. The molecule has 1 aromatic carbocycles. The quantitative estimate of drug-likeness (QED) is 0.550. The lowest BCUT2D eigenvalue weighted by Crippen LogP contribution is -2.43. The number of aliphatic carboxylic acids is 2. The molecular weight excluding hydrogens is 330 g/mol. The van der Waals surface area contributed by atoms with Crippen LogP contribution in [0.4, 0.5) is 0 Å². The van der Waals surface area contributed by atoms with Gasteiger partial charge in [-0.15, -0.1) is 5.10 Å². The number of nitrogens with one attached hydrogen (secondary N) is 1. The molecule has 1 unspecified atom stereocenters. The number of carboxylic acid groups (broad SMARTS) is 2. The minimum absolute atomic E-state index is 0.245. The van der Waals surface area contributed by atoms with Crippen molar-refractivity contribution >= 4 is 17.8 Å². The fourth-order valence-electron chi connectivity index (χ4n) is 2.17. The standard InChI is InChI=1S/C15H17N5O5/c21-13(16-11(15(24)25)8-14(22)23)9-12-17-18-19-20(12)7-6-10-4-2-1-3-5-10/h1-5,11H,6-9H2,(H,16,21)(H,22,23)(H,24,25). The normalized spacial score (nSPS) is 11.7. The molecule has 0 saturated heterocycles. The number of rotatable bonds is 9. The fourth-order valence-corrected chi connectivity index (χ4v) is 2.17. The Labute approximate surface area is 142 Å². The number of hydrogen-bond acceptors (Lipinski definition) is 6. The van der Waals surface area contributed by atoms with E-state index in [9.17, 15) is 14.4 Å². The van der Waals surface area contributed by atoms with Gasteiger partial charge in [-0.25, -0.2) is 9.48 Å². The average Bonchev–Trinajstić information content (AvgIpc) is 2.99. The van der Waals surface area contributed by atoms with Crippen LogP contribution in [0.1, 0.15) is 17.8 Å². The number of aromatic nitrogens is 4. The summed E-state index contributed by atoms with van der Waals surface area (Å²) in [5.41, 5.74) is 1.08. The monoisotopic (exact) mass is 347 g/mol. The first-order valence-electron chi connectivity index (χ1n) is 7.48. The molecule has 0 aliphatic carbocycles. The van der Waals surface area contributed by atoms with Crippen molar-refractivity contribution in [2.75, 3.05) is 0 Å². The maximum absolute atomic E-state index is 12.0. The summed E-state index contributed by atoms with van der Waals surface area (Å²) >= 11 is 0. The van der Waals surface area contributed by atoms with Crippen molar-refractivity contribution < 1.29 is 24.6 Å². The van der Waals surface area contributed by atoms with Gasteiger partial charge in [0.05, 0.1) is 12.8 Å². The number of benzene rings is 1. The van der Waals surface area contributed by atoms with Gasteiger partial charge in [0.25, 0.3) is 0 Å². The predicted molar refractivity (Wildman–Crippen MR) is 83.5 cm³/mol. The Hall–Kier alpha value is -3.30. The molecule has 2 aromatic rings. The van der Waals surface area contributed by atoms with Gasteiger partial charge < -0.3 is 15.5 Å². The van der Waals surface area contributed by atoms with Gasteiger partial charge >= 0.3 is 11.9 Å². The van der Waals surface area contributed by atoms with E-state index in [4.69, 9.17) is 10.2 Å². The number of carbonyl (C=O) groups excluding carboxylic acids is 1. The van der Waals surface area contributed by atoms with Crippen LogP contribution >= 0.6 is 0 Å². The van der Waals surface area contributed by atoms with Gasteiger partial charge in [-0.2, -0.15) is 0 Å². The average molecular weight is 347 g/mol. The molecule has 1 aromatic heterocycles. The molecule has 25 heavy (non-hydrogen) atoms. The molecule has 0 aliphatic rings. The second kappa shape index (κ2) is 8.52. The summed E-state index contributed by atoms with van der Waals surface area (Å²) in [6, 6.07) is 8.15. The molecule has 0 radical (unpaired) electrons. The third kappa shape index (κ3) is 5.68. The van der Waals surface area contributed by atoms with Gasteiger partial charge in [0, 0.05) is 6.54 Å². The second-order valence-electron chi connectivity index (χ2n) is 5.29. The van der Waals surface area contributed by atoms with E-state index in [1.807, 2.05) is 30.3 Å². The molecule has 0 spiro atoms. The van der Waals surface area contributed by atoms with Crippen LogP contribution in [0.2, 0.25) is 0 Å². The van der Waals surface area contributed by atoms with Crippen molar-refractivity contribution in [3.63, 3.8) is 0 Å². The molecule has 0 bridgehead atoms. The fraction of sp³-hybridized carbons (Fsp3) is 0.333. The molecule has 1 amide bonds. The SMILES string of the molecule is O=C(O)CC(NC(=O)Cc1nnnn1CCc1ccccc1)C(=O)O. The van der Waals surface area contributed by atoms with Crippen molar-refractivity contribution in [3.8, 4) is 0 Å². The topological polar surface area (TPSA) is 147 Å². The first-order valence-corrected chi connectivity index (χ1v) is 7.48. The summed E-state index contributed by atoms with van der Waals surface area (Å²) in [7, 11) is 0. The summed E-state index contributed by atoms with van der Waals surface area (Å²) in [5, 5.41) is 30.9. The third-order valence-electron chi connectivity index (χ3n) is 3.39. The summed E-state index contributed by atoms with van der Waals surface area (Å²) < 4.78 is 1.46. The maximum Gasteiger partial charge on any atom is 0.326 e. The van der Waals surface area contributed by atoms with Crippen LogP contribution in [0.25, 0.3) is 0 Å². The highest BCUT2D eigenvalue weighted by atomic mass is 16.4. The van der Waals surface area contributed by atoms with E-state index in [0.717, 1.165) is 5.56 Å². The molecule has 10 nitrogen and oxygen atoms in total. The van der Waals surface area contributed by atoms with Crippen LogP contribution in [-0.2, 0) is 33.8 Å². The largest absolute Gasteiger partial charge is 0.481 e. The van der Waals surface area contributed by atoms with E-state index in [1.165, 1.54) is 4.68 Å². The number of tetrazole rings is 1. The molecule has 132 valence electrons. The van der Waals surface area contributed by atoms with Gasteiger partial charge in [-0.05, 0) is 22.4 Å². The number of carbonyl (C=O) groups is 3. The van der Waals surface area contributed by atoms with Gasteiger partial charge in [-0.1, -0.05) is 30.3 Å². The molecule has 10 heteroatoms. The lowest BCUT2D eigenvalue weighted by Gasteiger charge is -2.12. The van der Waals surface area contributed by atoms with E-state index in [2.05, 4.69) is 20.8 Å². The zero-order chi connectivity index (χ0) is 18.2. The zero-order valence-electron chi connectivity index (χ0n) is 13.2. The van der Waals surface area contributed by atoms with Crippen LogP contribution in [0, 0.1) is 0 Å². The minimum Gasteiger partial charge on any atom is -0.481 e. The summed E-state index contributed by atoms with van der Waals surface area (Å²) in [5.74, 6) is -3.13. The lowest BCUT2D eigenvalue weighted by atomic mass is 10.1. The minimum atomic E-state index is -1.50. The van der Waals surface area contributed by atoms with Crippen LogP contribution in [-0.4, -0.2) is 54.3 Å². The Bertz CT molecular complexity index is 746. The predicted octanol–water partition coefficient (Wildman–Crippen LogP) is -0.498. The highest BCUT2D eigenvalue weighted by Gasteiger charge is 2.24. The van der Waals surface area contributed by atoms with Crippen LogP contribution in [0.5, 0.6) is 0 Å². The Kier molecular flexibility index (Phi) is 6.15. The third-order valence-corrected chi connectivity index (χ3v) is 3.39. The molecule has 3 N–H and O–H groups in total. The highest BCUT2D eigenvalue weighted by Crippen LogP contribution is 2.03. The Morgan fingerprint density at radius 1 is 1.16 bits per heavy atom. The molecule has 1 atom stereocenters. The molecular formula is C15H17N5O5. The summed E-state index contributed by atoms with van der Waals surface area (Å²) in [4.78, 5) is 33.6. The Balaban J connectivity index is 1.94. The van der Waals surface area contributed by atoms with E-state index in [0.29, 0.717) is 13.0 Å². The number of aryl methyl sites for hydroxylation is 2.